The normalized spacial score (nSPS) is 22.0. The van der Waals surface area contributed by atoms with E-state index in [1.165, 1.54) is 4.90 Å². The third-order valence-corrected chi connectivity index (χ3v) is 4.93. The van der Waals surface area contributed by atoms with E-state index >= 15 is 0 Å². The first-order valence-electron chi connectivity index (χ1n) is 9.05. The average Bonchev–Trinajstić information content (AvgIpc) is 2.83. The molecule has 1 saturated heterocycles. The van der Waals surface area contributed by atoms with E-state index in [1.807, 2.05) is 6.92 Å². The second kappa shape index (κ2) is 8.64. The second-order valence-electron chi connectivity index (χ2n) is 6.93. The van der Waals surface area contributed by atoms with Gasteiger partial charge in [0.25, 0.3) is 17.7 Å². The Balaban J connectivity index is 0.00000243. The molecule has 3 amide bonds. The van der Waals surface area contributed by atoms with Gasteiger partial charge < -0.3 is 10.6 Å². The van der Waals surface area contributed by atoms with Crippen LogP contribution in [-0.4, -0.2) is 47.8 Å². The molecule has 142 valence electrons. The molecule has 2 heterocycles. The molecule has 1 aromatic rings. The lowest BCUT2D eigenvalue weighted by atomic mass is 9.99. The molecule has 0 bridgehead atoms. The van der Waals surface area contributed by atoms with Crippen LogP contribution < -0.4 is 10.6 Å². The van der Waals surface area contributed by atoms with Gasteiger partial charge in [0.05, 0.1) is 11.1 Å². The van der Waals surface area contributed by atoms with Gasteiger partial charge in [-0.25, -0.2) is 0 Å². The number of benzene rings is 1. The van der Waals surface area contributed by atoms with Crippen LogP contribution in [0.5, 0.6) is 0 Å². The Hall–Kier alpha value is -1.92. The monoisotopic (exact) mass is 379 g/mol. The molecule has 2 N–H and O–H groups in total. The summed E-state index contributed by atoms with van der Waals surface area (Å²) < 4.78 is 0. The Labute approximate surface area is 160 Å². The Morgan fingerprint density at radius 1 is 1.27 bits per heavy atom. The summed E-state index contributed by atoms with van der Waals surface area (Å²) in [6.07, 6.45) is 3.48. The topological polar surface area (TPSA) is 78.5 Å². The lowest BCUT2D eigenvalue weighted by molar-refractivity contribution is 0.0652. The maximum absolute atomic E-state index is 12.5. The third kappa shape index (κ3) is 4.07. The summed E-state index contributed by atoms with van der Waals surface area (Å²) in [5.74, 6) is -0.736. The van der Waals surface area contributed by atoms with Crippen LogP contribution in [0.4, 0.5) is 0 Å². The van der Waals surface area contributed by atoms with Crippen LogP contribution >= 0.6 is 12.4 Å². The number of carbonyl (C=O) groups excluding carboxylic acids is 3. The van der Waals surface area contributed by atoms with Crippen molar-refractivity contribution in [2.45, 2.75) is 51.6 Å². The molecule has 2 atom stereocenters. The van der Waals surface area contributed by atoms with Gasteiger partial charge in [0.2, 0.25) is 0 Å². The number of unbranched alkanes of at least 4 members (excludes halogenated alkanes) is 1. The number of halogens is 1. The van der Waals surface area contributed by atoms with Crippen molar-refractivity contribution in [3.63, 3.8) is 0 Å². The van der Waals surface area contributed by atoms with Crippen molar-refractivity contribution in [2.24, 2.45) is 0 Å². The van der Waals surface area contributed by atoms with E-state index in [0.717, 1.165) is 32.2 Å². The van der Waals surface area contributed by atoms with Gasteiger partial charge in [-0.1, -0.05) is 13.3 Å². The van der Waals surface area contributed by atoms with Crippen LogP contribution in [0.3, 0.4) is 0 Å². The highest BCUT2D eigenvalue weighted by Crippen LogP contribution is 2.24. The molecule has 2 unspecified atom stereocenters. The standard InChI is InChI=1S/C19H25N3O3.ClH/c1-3-4-9-22-18(24)15-6-5-13(11-16(15)19(22)25)17(23)21-14-7-8-20-12(2)10-14;/h5-6,11-12,14,20H,3-4,7-10H2,1-2H3,(H,21,23);1H. The zero-order valence-corrected chi connectivity index (χ0v) is 16.0. The Bertz CT molecular complexity index is 707. The number of piperidine rings is 1. The first-order valence-corrected chi connectivity index (χ1v) is 9.05. The minimum Gasteiger partial charge on any atom is -0.349 e. The van der Waals surface area contributed by atoms with Crippen LogP contribution in [0.2, 0.25) is 0 Å². The summed E-state index contributed by atoms with van der Waals surface area (Å²) in [6.45, 7) is 5.43. The molecule has 0 aliphatic carbocycles. The van der Waals surface area contributed by atoms with Gasteiger partial charge in [-0.05, 0) is 50.9 Å². The second-order valence-corrected chi connectivity index (χ2v) is 6.93. The van der Waals surface area contributed by atoms with E-state index in [2.05, 4.69) is 17.6 Å². The number of hydrogen-bond donors (Lipinski definition) is 2. The first kappa shape index (κ1) is 20.4. The lowest BCUT2D eigenvalue weighted by Crippen LogP contribution is -2.46. The minimum absolute atomic E-state index is 0. The highest BCUT2D eigenvalue weighted by Gasteiger charge is 2.35. The van der Waals surface area contributed by atoms with Gasteiger partial charge in [-0.15, -0.1) is 12.4 Å². The molecule has 0 saturated carbocycles. The predicted molar refractivity (Wildman–Crippen MR) is 102 cm³/mol. The van der Waals surface area contributed by atoms with Gasteiger partial charge in [-0.2, -0.15) is 0 Å². The van der Waals surface area contributed by atoms with Crippen molar-refractivity contribution < 1.29 is 14.4 Å². The van der Waals surface area contributed by atoms with Gasteiger partial charge in [-0.3, -0.25) is 19.3 Å². The zero-order chi connectivity index (χ0) is 18.0. The fourth-order valence-electron chi connectivity index (χ4n) is 3.48. The predicted octanol–water partition coefficient (Wildman–Crippen LogP) is 2.37. The fourth-order valence-corrected chi connectivity index (χ4v) is 3.48. The van der Waals surface area contributed by atoms with E-state index in [-0.39, 0.29) is 36.2 Å². The van der Waals surface area contributed by atoms with Gasteiger partial charge >= 0.3 is 0 Å². The number of carbonyl (C=O) groups is 3. The van der Waals surface area contributed by atoms with Gasteiger partial charge in [0, 0.05) is 24.2 Å². The number of amides is 3. The van der Waals surface area contributed by atoms with Crippen LogP contribution in [0.25, 0.3) is 0 Å². The Kier molecular flexibility index (Phi) is 6.78. The number of imide groups is 1. The molecule has 2 aliphatic rings. The van der Waals surface area contributed by atoms with Gasteiger partial charge in [0.15, 0.2) is 0 Å². The summed E-state index contributed by atoms with van der Waals surface area (Å²) in [6, 6.07) is 5.30. The molecular formula is C19H26ClN3O3. The summed E-state index contributed by atoms with van der Waals surface area (Å²) in [5, 5.41) is 6.39. The van der Waals surface area contributed by atoms with Gasteiger partial charge in [0.1, 0.15) is 0 Å². The van der Waals surface area contributed by atoms with E-state index in [4.69, 9.17) is 0 Å². The number of nitrogens with zero attached hydrogens (tertiary/aromatic N) is 1. The van der Waals surface area contributed by atoms with Crippen molar-refractivity contribution in [2.75, 3.05) is 13.1 Å². The molecule has 2 aliphatic heterocycles. The third-order valence-electron chi connectivity index (χ3n) is 4.93. The van der Waals surface area contributed by atoms with Crippen molar-refractivity contribution >= 4 is 30.1 Å². The van der Waals surface area contributed by atoms with E-state index < -0.39 is 0 Å². The quantitative estimate of drug-likeness (QED) is 0.770. The smallest absolute Gasteiger partial charge is 0.261 e. The summed E-state index contributed by atoms with van der Waals surface area (Å²) >= 11 is 0. The molecular weight excluding hydrogens is 354 g/mol. The highest BCUT2D eigenvalue weighted by atomic mass is 35.5. The van der Waals surface area contributed by atoms with Crippen molar-refractivity contribution in [1.29, 1.82) is 0 Å². The molecule has 1 fully saturated rings. The zero-order valence-electron chi connectivity index (χ0n) is 15.2. The van der Waals surface area contributed by atoms with Crippen LogP contribution in [0, 0.1) is 0 Å². The number of fused-ring (bicyclic) bond motifs is 1. The van der Waals surface area contributed by atoms with Crippen molar-refractivity contribution in [3.8, 4) is 0 Å². The van der Waals surface area contributed by atoms with Crippen molar-refractivity contribution in [3.05, 3.63) is 34.9 Å². The molecule has 1 aromatic carbocycles. The van der Waals surface area contributed by atoms with Crippen molar-refractivity contribution in [1.82, 2.24) is 15.5 Å². The largest absolute Gasteiger partial charge is 0.349 e. The molecule has 3 rings (SSSR count). The average molecular weight is 380 g/mol. The lowest BCUT2D eigenvalue weighted by Gasteiger charge is -2.28. The summed E-state index contributed by atoms with van der Waals surface area (Å²) in [5.41, 5.74) is 1.17. The molecule has 7 heteroatoms. The molecule has 0 aromatic heterocycles. The maximum Gasteiger partial charge on any atom is 0.261 e. The first-order chi connectivity index (χ1) is 12.0. The summed E-state index contributed by atoms with van der Waals surface area (Å²) in [4.78, 5) is 38.6. The molecule has 26 heavy (non-hydrogen) atoms. The maximum atomic E-state index is 12.5. The highest BCUT2D eigenvalue weighted by molar-refractivity contribution is 6.22. The minimum atomic E-state index is -0.293. The van der Waals surface area contributed by atoms with E-state index in [0.29, 0.717) is 29.3 Å². The number of nitrogens with one attached hydrogen (secondary N) is 2. The Morgan fingerprint density at radius 3 is 2.69 bits per heavy atom. The molecule has 0 radical (unpaired) electrons. The molecule has 6 nitrogen and oxygen atoms in total. The summed E-state index contributed by atoms with van der Waals surface area (Å²) in [7, 11) is 0. The van der Waals surface area contributed by atoms with E-state index in [1.54, 1.807) is 18.2 Å². The molecule has 0 spiro atoms. The Morgan fingerprint density at radius 2 is 2.00 bits per heavy atom. The fraction of sp³-hybridized carbons (Fsp3) is 0.526. The van der Waals surface area contributed by atoms with Crippen LogP contribution in [-0.2, 0) is 0 Å². The number of hydrogen-bond acceptors (Lipinski definition) is 4. The van der Waals surface area contributed by atoms with Crippen LogP contribution in [0.15, 0.2) is 18.2 Å². The SMILES string of the molecule is CCCCN1C(=O)c2ccc(C(=O)NC3CCNC(C)C3)cc2C1=O.Cl. The number of rotatable bonds is 5. The van der Waals surface area contributed by atoms with Crippen LogP contribution in [0.1, 0.15) is 70.6 Å². The van der Waals surface area contributed by atoms with E-state index in [9.17, 15) is 14.4 Å².